The van der Waals surface area contributed by atoms with Gasteiger partial charge in [0, 0.05) is 34.8 Å². The van der Waals surface area contributed by atoms with E-state index in [0.29, 0.717) is 40.3 Å². The summed E-state index contributed by atoms with van der Waals surface area (Å²) < 4.78 is 5.94. The smallest absolute Gasteiger partial charge is 0.250 e. The van der Waals surface area contributed by atoms with Crippen LogP contribution in [0.2, 0.25) is 0 Å². The van der Waals surface area contributed by atoms with Crippen molar-refractivity contribution >= 4 is 51.7 Å². The van der Waals surface area contributed by atoms with Gasteiger partial charge in [0.05, 0.1) is 17.3 Å². The predicted octanol–water partition coefficient (Wildman–Crippen LogP) is 4.91. The number of halogens is 1. The van der Waals surface area contributed by atoms with Gasteiger partial charge in [0.15, 0.2) is 0 Å². The molecule has 5 rings (SSSR count). The number of aryl methyl sites for hydroxylation is 2. The Morgan fingerprint density at radius 2 is 1.97 bits per heavy atom. The molecule has 0 spiro atoms. The van der Waals surface area contributed by atoms with Crippen LogP contribution in [0.3, 0.4) is 0 Å². The van der Waals surface area contributed by atoms with Gasteiger partial charge in [-0.1, -0.05) is 11.6 Å². The average molecular weight is 530 g/mol. The van der Waals surface area contributed by atoms with E-state index in [0.717, 1.165) is 38.6 Å². The number of nitrogens with one attached hydrogen (secondary N) is 2. The fraction of sp³-hybridized carbons (Fsp3) is 0.214. The lowest BCUT2D eigenvalue weighted by atomic mass is 9.96. The first-order chi connectivity index (χ1) is 18.2. The monoisotopic (exact) mass is 529 g/mol. The first-order valence-electron chi connectivity index (χ1n) is 12.1. The largest absolute Gasteiger partial charge is 0.473 e. The van der Waals surface area contributed by atoms with Crippen molar-refractivity contribution in [1.29, 1.82) is 0 Å². The Balaban J connectivity index is 1.32. The van der Waals surface area contributed by atoms with Crippen molar-refractivity contribution in [3.8, 4) is 5.88 Å². The summed E-state index contributed by atoms with van der Waals surface area (Å²) in [5.41, 5.74) is 17.7. The van der Waals surface area contributed by atoms with Gasteiger partial charge in [-0.2, -0.15) is 0 Å². The molecule has 0 saturated carbocycles. The van der Waals surface area contributed by atoms with E-state index in [2.05, 4.69) is 45.5 Å². The number of anilines is 3. The van der Waals surface area contributed by atoms with E-state index in [-0.39, 0.29) is 12.6 Å². The summed E-state index contributed by atoms with van der Waals surface area (Å²) in [4.78, 5) is 24.9. The van der Waals surface area contributed by atoms with Gasteiger partial charge < -0.3 is 26.8 Å². The first-order valence-corrected chi connectivity index (χ1v) is 12.5. The Labute approximate surface area is 225 Å². The minimum atomic E-state index is -0.527. The van der Waals surface area contributed by atoms with Gasteiger partial charge in [-0.3, -0.25) is 4.79 Å². The Bertz CT molecular complexity index is 1600. The summed E-state index contributed by atoms with van der Waals surface area (Å²) in [5, 5.41) is 9.28. The third-order valence-electron chi connectivity index (χ3n) is 6.75. The minimum absolute atomic E-state index is 0.103. The minimum Gasteiger partial charge on any atom is -0.473 e. The molecule has 10 heteroatoms. The molecule has 194 valence electrons. The first kappa shape index (κ1) is 25.3. The number of aromatic nitrogens is 3. The third kappa shape index (κ3) is 4.92. The van der Waals surface area contributed by atoms with E-state index < -0.39 is 5.91 Å². The number of carbonyl (C=O) groups is 1. The second-order valence-electron chi connectivity index (χ2n) is 9.34. The molecule has 4 aromatic rings. The number of ether oxygens (including phenoxy) is 1. The summed E-state index contributed by atoms with van der Waals surface area (Å²) in [6.07, 6.45) is 5.00. The molecule has 1 aliphatic heterocycles. The lowest BCUT2D eigenvalue weighted by molar-refractivity contribution is 0.100. The fourth-order valence-corrected chi connectivity index (χ4v) is 4.86. The van der Waals surface area contributed by atoms with Crippen molar-refractivity contribution in [3.05, 3.63) is 81.3 Å². The molecular formula is C28H28ClN7O2. The van der Waals surface area contributed by atoms with Crippen molar-refractivity contribution in [2.75, 3.05) is 16.4 Å². The van der Waals surface area contributed by atoms with E-state index >= 15 is 0 Å². The molecule has 38 heavy (non-hydrogen) atoms. The average Bonchev–Trinajstić information content (AvgIpc) is 2.88. The summed E-state index contributed by atoms with van der Waals surface area (Å²) in [7, 11) is 0. The number of nitrogens with two attached hydrogens (primary N) is 2. The summed E-state index contributed by atoms with van der Waals surface area (Å²) in [5.74, 6) is 1.02. The summed E-state index contributed by atoms with van der Waals surface area (Å²) >= 11 is 6.32. The topological polar surface area (TPSA) is 141 Å². The van der Waals surface area contributed by atoms with Gasteiger partial charge in [0.2, 0.25) is 5.88 Å². The van der Waals surface area contributed by atoms with Gasteiger partial charge in [0.1, 0.15) is 24.6 Å². The number of nitrogen functional groups attached to an aromatic ring is 1. The molecule has 1 atom stereocenters. The van der Waals surface area contributed by atoms with E-state index in [1.807, 2.05) is 25.1 Å². The molecule has 2 aromatic heterocycles. The molecule has 0 aliphatic carbocycles. The maximum Gasteiger partial charge on any atom is 0.250 e. The van der Waals surface area contributed by atoms with Gasteiger partial charge in [-0.15, -0.1) is 0 Å². The number of nitrogens with zero attached hydrogens (tertiary/aromatic N) is 3. The van der Waals surface area contributed by atoms with Crippen LogP contribution in [0.25, 0.3) is 16.8 Å². The zero-order chi connectivity index (χ0) is 27.0. The number of hydrogen-bond acceptors (Lipinski definition) is 8. The number of amides is 1. The molecule has 1 aliphatic rings. The lowest BCUT2D eigenvalue weighted by Gasteiger charge is -2.24. The number of carbonyl (C=O) groups excluding carboxylic acids is 1. The molecule has 6 N–H and O–H groups in total. The van der Waals surface area contributed by atoms with Crippen LogP contribution in [0.1, 0.15) is 45.1 Å². The molecule has 1 amide bonds. The van der Waals surface area contributed by atoms with Crippen LogP contribution in [0.4, 0.5) is 17.3 Å². The SMILES string of the molecule is Cc1cc2c(N)nccc2c(C)c1CNc1cc(OCc2cc3c(c(C(N)=O)c2)NC(C)C(Cl)=C3)ncn1. The number of pyridine rings is 1. The highest BCUT2D eigenvalue weighted by atomic mass is 35.5. The fourth-order valence-electron chi connectivity index (χ4n) is 4.69. The zero-order valence-electron chi connectivity index (χ0n) is 21.3. The molecule has 0 saturated heterocycles. The van der Waals surface area contributed by atoms with E-state index in [9.17, 15) is 4.79 Å². The standard InChI is InChI=1S/C28H28ClN7O2/c1-14-6-20-19(4-5-32-27(20)30)15(2)22(14)11-33-24-10-25(35-13-34-24)38-12-17-7-18-9-23(29)16(3)36-26(18)21(8-17)28(31)37/h4-10,13,16,36H,11-12H2,1-3H3,(H2,30,32)(H2,31,37)(H,33,34,35). The van der Waals surface area contributed by atoms with Crippen molar-refractivity contribution in [2.24, 2.45) is 5.73 Å². The normalized spacial score (nSPS) is 14.4. The lowest BCUT2D eigenvalue weighted by Crippen LogP contribution is -2.24. The second kappa shape index (κ2) is 10.2. The van der Waals surface area contributed by atoms with Crippen LogP contribution in [0, 0.1) is 13.8 Å². The number of rotatable bonds is 7. The van der Waals surface area contributed by atoms with E-state index in [1.165, 1.54) is 6.33 Å². The molecular weight excluding hydrogens is 502 g/mol. The van der Waals surface area contributed by atoms with Crippen LogP contribution >= 0.6 is 11.6 Å². The third-order valence-corrected chi connectivity index (χ3v) is 7.19. The van der Waals surface area contributed by atoms with E-state index in [4.69, 9.17) is 27.8 Å². The number of benzene rings is 2. The number of hydrogen-bond donors (Lipinski definition) is 4. The molecule has 0 radical (unpaired) electrons. The quantitative estimate of drug-likeness (QED) is 0.264. The molecule has 9 nitrogen and oxygen atoms in total. The zero-order valence-corrected chi connectivity index (χ0v) is 22.1. The second-order valence-corrected chi connectivity index (χ2v) is 9.78. The highest BCUT2D eigenvalue weighted by Crippen LogP contribution is 2.33. The van der Waals surface area contributed by atoms with Crippen LogP contribution in [0.15, 0.2) is 47.9 Å². The Morgan fingerprint density at radius 1 is 1.16 bits per heavy atom. The van der Waals surface area contributed by atoms with Crippen molar-refractivity contribution in [3.63, 3.8) is 0 Å². The predicted molar refractivity (Wildman–Crippen MR) is 151 cm³/mol. The maximum atomic E-state index is 12.1. The van der Waals surface area contributed by atoms with Gasteiger partial charge >= 0.3 is 0 Å². The van der Waals surface area contributed by atoms with Crippen molar-refractivity contribution < 1.29 is 9.53 Å². The molecule has 0 bridgehead atoms. The molecule has 3 heterocycles. The van der Waals surface area contributed by atoms with E-state index in [1.54, 1.807) is 18.3 Å². The Hall–Kier alpha value is -4.37. The van der Waals surface area contributed by atoms with Crippen LogP contribution in [0.5, 0.6) is 5.88 Å². The highest BCUT2D eigenvalue weighted by Gasteiger charge is 2.21. The maximum absolute atomic E-state index is 12.1. The molecule has 0 fully saturated rings. The molecule has 1 unspecified atom stereocenters. The Kier molecular flexibility index (Phi) is 6.77. The highest BCUT2D eigenvalue weighted by molar-refractivity contribution is 6.33. The molecule has 2 aromatic carbocycles. The Morgan fingerprint density at radius 3 is 2.76 bits per heavy atom. The summed E-state index contributed by atoms with van der Waals surface area (Å²) in [6.45, 7) is 6.81. The van der Waals surface area contributed by atoms with Crippen molar-refractivity contribution in [1.82, 2.24) is 15.0 Å². The van der Waals surface area contributed by atoms with Gasteiger partial charge in [-0.25, -0.2) is 15.0 Å². The van der Waals surface area contributed by atoms with Gasteiger partial charge in [-0.05, 0) is 78.8 Å². The van der Waals surface area contributed by atoms with Crippen LogP contribution in [-0.4, -0.2) is 26.9 Å². The number of fused-ring (bicyclic) bond motifs is 2. The number of primary amides is 1. The summed E-state index contributed by atoms with van der Waals surface area (Å²) in [6, 6.07) is 9.31. The van der Waals surface area contributed by atoms with Gasteiger partial charge in [0.25, 0.3) is 5.91 Å². The van der Waals surface area contributed by atoms with Crippen LogP contribution < -0.4 is 26.8 Å². The van der Waals surface area contributed by atoms with Crippen molar-refractivity contribution in [2.45, 2.75) is 40.0 Å². The van der Waals surface area contributed by atoms with Crippen LogP contribution in [-0.2, 0) is 13.2 Å².